The van der Waals surface area contributed by atoms with Crippen LogP contribution in [0.4, 0.5) is 0 Å². The molecule has 0 unspecified atom stereocenters. The number of hydrogen-bond donors (Lipinski definition) is 2. The number of aliphatic hydroxyl groups excluding tert-OH is 1. The number of methoxy groups -OCH3 is 1. The van der Waals surface area contributed by atoms with E-state index in [9.17, 15) is 9.59 Å². The van der Waals surface area contributed by atoms with E-state index in [0.29, 0.717) is 26.1 Å². The molecule has 0 bridgehead atoms. The number of aliphatic hydroxyl groups is 1. The highest BCUT2D eigenvalue weighted by molar-refractivity contribution is 5.92. The van der Waals surface area contributed by atoms with E-state index < -0.39 is 0 Å². The number of ether oxygens (including phenoxy) is 1. The maximum Gasteiger partial charge on any atom is 0.271 e. The van der Waals surface area contributed by atoms with E-state index in [-0.39, 0.29) is 29.2 Å². The molecule has 118 valence electrons. The van der Waals surface area contributed by atoms with Gasteiger partial charge < -0.3 is 15.2 Å². The Kier molecular flexibility index (Phi) is 6.51. The lowest BCUT2D eigenvalue weighted by Gasteiger charge is -2.23. The SMILES string of the molecule is COCCn1nc(C(=O)NCC(C)(C)CCO)ccc1=O. The average molecular weight is 297 g/mol. The number of nitrogens with zero attached hydrogens (tertiary/aromatic N) is 2. The summed E-state index contributed by atoms with van der Waals surface area (Å²) in [7, 11) is 1.53. The Labute approximate surface area is 123 Å². The van der Waals surface area contributed by atoms with Crippen molar-refractivity contribution < 1.29 is 14.6 Å². The summed E-state index contributed by atoms with van der Waals surface area (Å²) in [5.41, 5.74) is -0.288. The van der Waals surface area contributed by atoms with Crippen molar-refractivity contribution >= 4 is 5.91 Å². The van der Waals surface area contributed by atoms with Crippen molar-refractivity contribution in [1.82, 2.24) is 15.1 Å². The number of nitrogens with one attached hydrogen (secondary N) is 1. The Morgan fingerprint density at radius 1 is 1.48 bits per heavy atom. The van der Waals surface area contributed by atoms with Crippen molar-refractivity contribution in [2.45, 2.75) is 26.8 Å². The summed E-state index contributed by atoms with van der Waals surface area (Å²) in [5, 5.41) is 15.7. The zero-order valence-corrected chi connectivity index (χ0v) is 12.8. The van der Waals surface area contributed by atoms with Gasteiger partial charge in [-0.25, -0.2) is 4.68 Å². The first-order chi connectivity index (χ1) is 9.89. The lowest BCUT2D eigenvalue weighted by Crippen LogP contribution is -2.36. The van der Waals surface area contributed by atoms with Crippen molar-refractivity contribution in [2.75, 3.05) is 26.9 Å². The second-order valence-electron chi connectivity index (χ2n) is 5.59. The summed E-state index contributed by atoms with van der Waals surface area (Å²) in [5.74, 6) is -0.341. The van der Waals surface area contributed by atoms with E-state index in [0.717, 1.165) is 0 Å². The average Bonchev–Trinajstić information content (AvgIpc) is 2.44. The van der Waals surface area contributed by atoms with Gasteiger partial charge in [-0.3, -0.25) is 9.59 Å². The highest BCUT2D eigenvalue weighted by Crippen LogP contribution is 2.17. The molecule has 1 heterocycles. The van der Waals surface area contributed by atoms with Crippen LogP contribution in [-0.2, 0) is 11.3 Å². The molecular formula is C14H23N3O4. The van der Waals surface area contributed by atoms with Gasteiger partial charge in [0, 0.05) is 26.3 Å². The van der Waals surface area contributed by atoms with Crippen LogP contribution in [0.25, 0.3) is 0 Å². The van der Waals surface area contributed by atoms with Crippen LogP contribution < -0.4 is 10.9 Å². The molecule has 0 aliphatic carbocycles. The highest BCUT2D eigenvalue weighted by atomic mass is 16.5. The molecule has 0 spiro atoms. The molecule has 0 saturated heterocycles. The molecule has 1 aromatic rings. The minimum atomic E-state index is -0.341. The van der Waals surface area contributed by atoms with Crippen molar-refractivity contribution in [3.05, 3.63) is 28.2 Å². The standard InChI is InChI=1S/C14H23N3O4/c1-14(2,6-8-18)10-15-13(20)11-4-5-12(19)17(16-11)7-9-21-3/h4-5,18H,6-10H2,1-3H3,(H,15,20). The highest BCUT2D eigenvalue weighted by Gasteiger charge is 2.19. The van der Waals surface area contributed by atoms with Crippen molar-refractivity contribution in [2.24, 2.45) is 5.41 Å². The monoisotopic (exact) mass is 297 g/mol. The van der Waals surface area contributed by atoms with E-state index in [1.165, 1.54) is 23.9 Å². The Morgan fingerprint density at radius 2 is 2.19 bits per heavy atom. The predicted octanol–water partition coefficient (Wildman–Crippen LogP) is 0.0281. The molecule has 0 atom stereocenters. The van der Waals surface area contributed by atoms with Crippen LogP contribution in [0.1, 0.15) is 30.8 Å². The Balaban J connectivity index is 2.72. The van der Waals surface area contributed by atoms with Crippen molar-refractivity contribution in [3.63, 3.8) is 0 Å². The van der Waals surface area contributed by atoms with Gasteiger partial charge in [0.1, 0.15) is 5.69 Å². The van der Waals surface area contributed by atoms with Gasteiger partial charge in [0.25, 0.3) is 11.5 Å². The quantitative estimate of drug-likeness (QED) is 0.706. The molecule has 0 fully saturated rings. The van der Waals surface area contributed by atoms with Crippen LogP contribution in [0, 0.1) is 5.41 Å². The largest absolute Gasteiger partial charge is 0.396 e. The van der Waals surface area contributed by atoms with E-state index in [2.05, 4.69) is 10.4 Å². The first-order valence-corrected chi connectivity index (χ1v) is 6.86. The fourth-order valence-corrected chi connectivity index (χ4v) is 1.71. The smallest absolute Gasteiger partial charge is 0.271 e. The van der Waals surface area contributed by atoms with Crippen LogP contribution in [-0.4, -0.2) is 47.7 Å². The van der Waals surface area contributed by atoms with E-state index in [4.69, 9.17) is 9.84 Å². The number of aromatic nitrogens is 2. The van der Waals surface area contributed by atoms with Gasteiger partial charge in [-0.1, -0.05) is 13.8 Å². The van der Waals surface area contributed by atoms with Crippen LogP contribution in [0.2, 0.25) is 0 Å². The molecule has 0 aliphatic heterocycles. The zero-order valence-electron chi connectivity index (χ0n) is 12.8. The zero-order chi connectivity index (χ0) is 15.9. The third kappa shape index (κ3) is 5.65. The summed E-state index contributed by atoms with van der Waals surface area (Å²) in [4.78, 5) is 23.6. The van der Waals surface area contributed by atoms with Crippen molar-refractivity contribution in [3.8, 4) is 0 Å². The minimum Gasteiger partial charge on any atom is -0.396 e. The second-order valence-corrected chi connectivity index (χ2v) is 5.59. The summed E-state index contributed by atoms with van der Waals surface area (Å²) in [6.45, 7) is 5.05. The molecule has 0 aliphatic rings. The van der Waals surface area contributed by atoms with Crippen molar-refractivity contribution in [1.29, 1.82) is 0 Å². The number of rotatable bonds is 8. The summed E-state index contributed by atoms with van der Waals surface area (Å²) in [6, 6.07) is 2.72. The third-order valence-electron chi connectivity index (χ3n) is 3.12. The molecule has 0 radical (unpaired) electrons. The Morgan fingerprint density at radius 3 is 2.81 bits per heavy atom. The van der Waals surface area contributed by atoms with Crippen LogP contribution in [0.3, 0.4) is 0 Å². The van der Waals surface area contributed by atoms with Crippen LogP contribution in [0.5, 0.6) is 0 Å². The molecule has 2 N–H and O–H groups in total. The van der Waals surface area contributed by atoms with Crippen LogP contribution >= 0.6 is 0 Å². The second kappa shape index (κ2) is 7.90. The normalized spacial score (nSPS) is 11.4. The molecule has 21 heavy (non-hydrogen) atoms. The molecular weight excluding hydrogens is 274 g/mol. The van der Waals surface area contributed by atoms with Crippen LogP contribution in [0.15, 0.2) is 16.9 Å². The predicted molar refractivity (Wildman–Crippen MR) is 78.2 cm³/mol. The number of carbonyl (C=O) groups excluding carboxylic acids is 1. The van der Waals surface area contributed by atoms with Gasteiger partial charge >= 0.3 is 0 Å². The number of hydrogen-bond acceptors (Lipinski definition) is 5. The van der Waals surface area contributed by atoms with E-state index in [1.54, 1.807) is 0 Å². The van der Waals surface area contributed by atoms with E-state index >= 15 is 0 Å². The van der Waals surface area contributed by atoms with Gasteiger partial charge in [-0.2, -0.15) is 5.10 Å². The molecule has 0 aromatic carbocycles. The molecule has 7 nitrogen and oxygen atoms in total. The first kappa shape index (κ1) is 17.3. The molecule has 0 saturated carbocycles. The number of amides is 1. The maximum absolute atomic E-state index is 12.1. The Bertz CT molecular complexity index is 525. The lowest BCUT2D eigenvalue weighted by atomic mass is 9.90. The minimum absolute atomic E-state index is 0.0724. The van der Waals surface area contributed by atoms with E-state index in [1.807, 2.05) is 13.8 Å². The maximum atomic E-state index is 12.1. The summed E-state index contributed by atoms with van der Waals surface area (Å²) < 4.78 is 6.10. The fraction of sp³-hybridized carbons (Fsp3) is 0.643. The van der Waals surface area contributed by atoms with Gasteiger partial charge in [0.2, 0.25) is 0 Å². The molecule has 1 rings (SSSR count). The molecule has 1 amide bonds. The van der Waals surface area contributed by atoms with Gasteiger partial charge in [0.15, 0.2) is 0 Å². The lowest BCUT2D eigenvalue weighted by molar-refractivity contribution is 0.0919. The van der Waals surface area contributed by atoms with Gasteiger partial charge in [0.05, 0.1) is 13.2 Å². The topological polar surface area (TPSA) is 93.5 Å². The van der Waals surface area contributed by atoms with Gasteiger partial charge in [-0.15, -0.1) is 0 Å². The third-order valence-corrected chi connectivity index (χ3v) is 3.12. The summed E-state index contributed by atoms with van der Waals surface area (Å²) >= 11 is 0. The molecule has 7 heteroatoms. The first-order valence-electron chi connectivity index (χ1n) is 6.86. The van der Waals surface area contributed by atoms with Gasteiger partial charge in [-0.05, 0) is 17.9 Å². The molecule has 1 aromatic heterocycles. The number of carbonyl (C=O) groups is 1. The fourth-order valence-electron chi connectivity index (χ4n) is 1.71. The summed E-state index contributed by atoms with van der Waals surface area (Å²) in [6.07, 6.45) is 0.591. The Hall–Kier alpha value is -1.73.